The van der Waals surface area contributed by atoms with E-state index >= 15 is 0 Å². The lowest BCUT2D eigenvalue weighted by atomic mass is 10.1. The van der Waals surface area contributed by atoms with Crippen molar-refractivity contribution >= 4 is 37.5 Å². The van der Waals surface area contributed by atoms with Crippen LogP contribution in [-0.4, -0.2) is 43.1 Å². The molecule has 23 heavy (non-hydrogen) atoms. The van der Waals surface area contributed by atoms with E-state index in [1.807, 2.05) is 6.92 Å². The average molecular weight is 337 g/mol. The second kappa shape index (κ2) is 6.15. The van der Waals surface area contributed by atoms with Crippen molar-refractivity contribution in [3.05, 3.63) is 11.0 Å². The number of carbonyl (C=O) groups excluding carboxylic acids is 2. The van der Waals surface area contributed by atoms with Crippen molar-refractivity contribution in [1.82, 2.24) is 24.7 Å². The Labute approximate surface area is 139 Å². The molecule has 3 heterocycles. The standard InChI is InChI=1S/C14H17N5O3.H2S/c1-5-22-13-8(3)11-15-16-12(19(11)17-13)9(4)18-10(20)6-7(2)14(18)21;/h7,9H,3,5-6H2,1-2,4H3;1H2. The van der Waals surface area contributed by atoms with Crippen molar-refractivity contribution in [2.24, 2.45) is 5.92 Å². The molecule has 0 N–H and O–H groups in total. The Morgan fingerprint density at radius 3 is 2.65 bits per heavy atom. The Hall–Kier alpha value is -2.16. The molecule has 1 saturated heterocycles. The van der Waals surface area contributed by atoms with Crippen molar-refractivity contribution in [3.63, 3.8) is 0 Å². The number of nitrogens with zero attached hydrogens (tertiary/aromatic N) is 5. The third-order valence-electron chi connectivity index (χ3n) is 3.83. The molecular formula is C14H19N5O3S. The van der Waals surface area contributed by atoms with Crippen molar-refractivity contribution in [1.29, 1.82) is 0 Å². The fourth-order valence-electron chi connectivity index (χ4n) is 2.67. The number of fused-ring (bicyclic) bond motifs is 1. The summed E-state index contributed by atoms with van der Waals surface area (Å²) in [6, 6.07) is -0.538. The first-order valence-corrected chi connectivity index (χ1v) is 7.18. The number of hydrogen-bond donors (Lipinski definition) is 0. The molecule has 1 aliphatic heterocycles. The Morgan fingerprint density at radius 2 is 2.09 bits per heavy atom. The van der Waals surface area contributed by atoms with Gasteiger partial charge in [0, 0.05) is 12.3 Å². The van der Waals surface area contributed by atoms with Gasteiger partial charge in [-0.15, -0.1) is 15.3 Å². The van der Waals surface area contributed by atoms with Gasteiger partial charge in [-0.25, -0.2) is 0 Å². The maximum absolute atomic E-state index is 12.2. The first-order chi connectivity index (χ1) is 10.5. The van der Waals surface area contributed by atoms with Crippen LogP contribution in [0.5, 0.6) is 5.88 Å². The lowest BCUT2D eigenvalue weighted by molar-refractivity contribution is -0.141. The monoisotopic (exact) mass is 337 g/mol. The van der Waals surface area contributed by atoms with Crippen molar-refractivity contribution in [2.45, 2.75) is 33.2 Å². The van der Waals surface area contributed by atoms with Gasteiger partial charge in [0.05, 0.1) is 17.9 Å². The molecule has 124 valence electrons. The lowest BCUT2D eigenvalue weighted by Gasteiger charge is -2.20. The summed E-state index contributed by atoms with van der Waals surface area (Å²) in [6.07, 6.45) is 0.227. The molecular weight excluding hydrogens is 318 g/mol. The Kier molecular flexibility index (Phi) is 4.60. The van der Waals surface area contributed by atoms with Gasteiger partial charge in [0.2, 0.25) is 17.7 Å². The number of imide groups is 1. The highest BCUT2D eigenvalue weighted by atomic mass is 32.1. The smallest absolute Gasteiger partial charge is 0.242 e. The van der Waals surface area contributed by atoms with Crippen LogP contribution in [-0.2, 0) is 9.59 Å². The maximum atomic E-state index is 12.2. The summed E-state index contributed by atoms with van der Waals surface area (Å²) in [5.41, 5.74) is 0.470. The van der Waals surface area contributed by atoms with Gasteiger partial charge in [-0.05, 0) is 13.8 Å². The molecule has 2 amide bonds. The molecule has 9 heteroatoms. The van der Waals surface area contributed by atoms with Crippen molar-refractivity contribution < 1.29 is 14.3 Å². The summed E-state index contributed by atoms with van der Waals surface area (Å²) in [4.78, 5) is 25.4. The highest BCUT2D eigenvalue weighted by Crippen LogP contribution is 2.28. The molecule has 0 aromatic carbocycles. The van der Waals surface area contributed by atoms with E-state index in [4.69, 9.17) is 4.74 Å². The van der Waals surface area contributed by atoms with Crippen LogP contribution in [0.2, 0.25) is 0 Å². The van der Waals surface area contributed by atoms with Crippen LogP contribution in [0.25, 0.3) is 12.2 Å². The maximum Gasteiger partial charge on any atom is 0.242 e. The van der Waals surface area contributed by atoms with Crippen LogP contribution in [0.1, 0.15) is 39.1 Å². The minimum Gasteiger partial charge on any atom is -0.476 e. The zero-order valence-corrected chi connectivity index (χ0v) is 14.2. The summed E-state index contributed by atoms with van der Waals surface area (Å²) < 4.78 is 6.88. The SMILES string of the molecule is C=c1c(OCC)nn2c(C(C)N3C(=O)CC(C)C3=O)nnc12.S. The molecule has 0 spiro atoms. The fourth-order valence-corrected chi connectivity index (χ4v) is 2.67. The fraction of sp³-hybridized carbons (Fsp3) is 0.500. The normalized spacial score (nSPS) is 19.3. The first kappa shape index (κ1) is 17.2. The molecule has 2 aromatic rings. The van der Waals surface area contributed by atoms with Crippen molar-refractivity contribution in [2.75, 3.05) is 6.61 Å². The highest BCUT2D eigenvalue weighted by Gasteiger charge is 2.40. The molecule has 3 rings (SSSR count). The zero-order chi connectivity index (χ0) is 16.0. The van der Waals surface area contributed by atoms with Crippen LogP contribution in [0.15, 0.2) is 0 Å². The van der Waals surface area contributed by atoms with Gasteiger partial charge in [-0.2, -0.15) is 18.0 Å². The molecule has 1 fully saturated rings. The minimum absolute atomic E-state index is 0. The van der Waals surface area contributed by atoms with Gasteiger partial charge in [-0.1, -0.05) is 13.5 Å². The number of likely N-dealkylation sites (tertiary alicyclic amines) is 1. The van der Waals surface area contributed by atoms with Crippen LogP contribution in [0.3, 0.4) is 0 Å². The lowest BCUT2D eigenvalue weighted by Crippen LogP contribution is -2.34. The van der Waals surface area contributed by atoms with E-state index in [2.05, 4.69) is 21.9 Å². The Bertz CT molecular complexity index is 805. The summed E-state index contributed by atoms with van der Waals surface area (Å²) in [5, 5.41) is 12.9. The quantitative estimate of drug-likeness (QED) is 0.742. The van der Waals surface area contributed by atoms with E-state index < -0.39 is 6.04 Å². The molecule has 8 nitrogen and oxygen atoms in total. The number of aromatic nitrogens is 4. The van der Waals surface area contributed by atoms with Gasteiger partial charge >= 0.3 is 0 Å². The molecule has 0 aliphatic carbocycles. The number of carbonyl (C=O) groups is 2. The second-order valence-electron chi connectivity index (χ2n) is 5.39. The number of amides is 2. The first-order valence-electron chi connectivity index (χ1n) is 7.18. The van der Waals surface area contributed by atoms with E-state index in [1.54, 1.807) is 13.8 Å². The predicted molar refractivity (Wildman–Crippen MR) is 87.1 cm³/mol. The summed E-state index contributed by atoms with van der Waals surface area (Å²) in [5.74, 6) is 0.109. The van der Waals surface area contributed by atoms with E-state index in [1.165, 1.54) is 9.42 Å². The largest absolute Gasteiger partial charge is 0.476 e. The van der Waals surface area contributed by atoms with Crippen LogP contribution in [0, 0.1) is 5.92 Å². The molecule has 0 radical (unpaired) electrons. The average Bonchev–Trinajstić information content (AvgIpc) is 3.07. The van der Waals surface area contributed by atoms with Gasteiger partial charge in [0.1, 0.15) is 0 Å². The van der Waals surface area contributed by atoms with Crippen LogP contribution in [0.4, 0.5) is 0 Å². The molecule has 0 saturated carbocycles. The minimum atomic E-state index is -0.538. The van der Waals surface area contributed by atoms with Crippen LogP contribution < -0.4 is 9.96 Å². The summed E-state index contributed by atoms with van der Waals surface area (Å²) >= 11 is 0. The van der Waals surface area contributed by atoms with Crippen LogP contribution >= 0.6 is 13.5 Å². The Morgan fingerprint density at radius 1 is 1.39 bits per heavy atom. The van der Waals surface area contributed by atoms with E-state index in [-0.39, 0.29) is 37.6 Å². The van der Waals surface area contributed by atoms with E-state index in [9.17, 15) is 9.59 Å². The molecule has 1 aliphatic rings. The third kappa shape index (κ3) is 2.54. The van der Waals surface area contributed by atoms with E-state index in [0.29, 0.717) is 29.2 Å². The molecule has 2 atom stereocenters. The molecule has 0 bridgehead atoms. The van der Waals surface area contributed by atoms with Gasteiger partial charge in [-0.3, -0.25) is 14.5 Å². The highest BCUT2D eigenvalue weighted by molar-refractivity contribution is 7.59. The second-order valence-corrected chi connectivity index (χ2v) is 5.39. The molecule has 2 aromatic heterocycles. The Balaban J connectivity index is 0.00000192. The predicted octanol–water partition coefficient (Wildman–Crippen LogP) is 0.221. The summed E-state index contributed by atoms with van der Waals surface area (Å²) in [6.45, 7) is 9.67. The topological polar surface area (TPSA) is 89.7 Å². The number of ether oxygens (including phenoxy) is 1. The van der Waals surface area contributed by atoms with Crippen molar-refractivity contribution in [3.8, 4) is 5.88 Å². The van der Waals surface area contributed by atoms with Gasteiger partial charge < -0.3 is 4.74 Å². The molecule has 2 unspecified atom stereocenters. The van der Waals surface area contributed by atoms with E-state index in [0.717, 1.165) is 0 Å². The third-order valence-corrected chi connectivity index (χ3v) is 3.83. The summed E-state index contributed by atoms with van der Waals surface area (Å²) in [7, 11) is 0. The van der Waals surface area contributed by atoms with Gasteiger partial charge in [0.15, 0.2) is 11.5 Å². The zero-order valence-electron chi connectivity index (χ0n) is 13.2. The number of rotatable bonds is 4. The van der Waals surface area contributed by atoms with Gasteiger partial charge in [0.25, 0.3) is 0 Å². The number of hydrogen-bond acceptors (Lipinski definition) is 6.